The monoisotopic (exact) mass is 257 g/mol. The first-order chi connectivity index (χ1) is 9.20. The fourth-order valence-electron chi connectivity index (χ4n) is 1.94. The molecule has 19 heavy (non-hydrogen) atoms. The molecule has 3 N–H and O–H groups in total. The Bertz CT molecular complexity index is 567. The van der Waals surface area contributed by atoms with E-state index in [1.54, 1.807) is 12.1 Å². The molecule has 0 aliphatic carbocycles. The summed E-state index contributed by atoms with van der Waals surface area (Å²) in [6.07, 6.45) is 1.64. The van der Waals surface area contributed by atoms with Crippen molar-refractivity contribution in [2.45, 2.75) is 12.8 Å². The van der Waals surface area contributed by atoms with Crippen LogP contribution in [0.5, 0.6) is 5.75 Å². The molecule has 0 unspecified atom stereocenters. The number of carboxylic acid groups (broad SMARTS) is 1. The van der Waals surface area contributed by atoms with Crippen LogP contribution in [0.4, 0.5) is 0 Å². The van der Waals surface area contributed by atoms with Gasteiger partial charge in [0.05, 0.1) is 0 Å². The topological polar surface area (TPSA) is 72.5 Å². The summed E-state index contributed by atoms with van der Waals surface area (Å²) in [5.41, 5.74) is 2.26. The fourth-order valence-corrected chi connectivity index (χ4v) is 1.94. The highest BCUT2D eigenvalue weighted by atomic mass is 16.6. The summed E-state index contributed by atoms with van der Waals surface area (Å²) in [6.45, 7) is 0. The van der Waals surface area contributed by atoms with Gasteiger partial charge in [0.15, 0.2) is 5.75 Å². The highest BCUT2D eigenvalue weighted by Gasteiger charge is 2.11. The molecule has 0 amide bonds. The van der Waals surface area contributed by atoms with E-state index in [1.807, 2.05) is 24.3 Å². The molecular weight excluding hydrogens is 242 g/mol. The maximum atomic E-state index is 11.1. The summed E-state index contributed by atoms with van der Waals surface area (Å²) in [4.78, 5) is 15.6. The van der Waals surface area contributed by atoms with Crippen molar-refractivity contribution >= 4 is 5.97 Å². The van der Waals surface area contributed by atoms with Gasteiger partial charge in [-0.2, -0.15) is 5.90 Å². The summed E-state index contributed by atoms with van der Waals surface area (Å²) in [5, 5.41) is 9.07. The zero-order valence-electron chi connectivity index (χ0n) is 10.4. The van der Waals surface area contributed by atoms with Gasteiger partial charge in [0.25, 0.3) is 0 Å². The third-order valence-corrected chi connectivity index (χ3v) is 2.95. The highest BCUT2D eigenvalue weighted by molar-refractivity contribution is 5.91. The minimum Gasteiger partial charge on any atom is -0.478 e. The van der Waals surface area contributed by atoms with Crippen LogP contribution in [0.1, 0.15) is 21.5 Å². The predicted octanol–water partition coefficient (Wildman–Crippen LogP) is 2.42. The quantitative estimate of drug-likeness (QED) is 0.807. The van der Waals surface area contributed by atoms with Crippen LogP contribution in [-0.4, -0.2) is 11.1 Å². The third kappa shape index (κ3) is 3.33. The maximum Gasteiger partial charge on any atom is 0.339 e. The molecule has 0 spiro atoms. The maximum absolute atomic E-state index is 11.1. The Morgan fingerprint density at radius 3 is 2.37 bits per heavy atom. The Kier molecular flexibility index (Phi) is 4.15. The highest BCUT2D eigenvalue weighted by Crippen LogP contribution is 2.20. The molecule has 4 nitrogen and oxygen atoms in total. The lowest BCUT2D eigenvalue weighted by Crippen LogP contribution is -2.08. The second kappa shape index (κ2) is 6.02. The summed E-state index contributed by atoms with van der Waals surface area (Å²) in [6, 6.07) is 15.1. The van der Waals surface area contributed by atoms with Gasteiger partial charge < -0.3 is 9.94 Å². The number of benzene rings is 2. The van der Waals surface area contributed by atoms with E-state index in [0.29, 0.717) is 0 Å². The van der Waals surface area contributed by atoms with Crippen molar-refractivity contribution < 1.29 is 14.7 Å². The molecule has 0 saturated carbocycles. The van der Waals surface area contributed by atoms with Crippen molar-refractivity contribution in [1.82, 2.24) is 0 Å². The van der Waals surface area contributed by atoms with Gasteiger partial charge in [-0.25, -0.2) is 4.79 Å². The molecule has 0 aliphatic rings. The molecule has 0 saturated heterocycles. The second-order valence-corrected chi connectivity index (χ2v) is 4.24. The van der Waals surface area contributed by atoms with Crippen molar-refractivity contribution in [2.75, 3.05) is 0 Å². The minimum absolute atomic E-state index is 0.0908. The average molecular weight is 257 g/mol. The lowest BCUT2D eigenvalue weighted by Gasteiger charge is -2.07. The van der Waals surface area contributed by atoms with Crippen LogP contribution < -0.4 is 10.7 Å². The molecule has 2 aromatic rings. The summed E-state index contributed by atoms with van der Waals surface area (Å²) >= 11 is 0. The van der Waals surface area contributed by atoms with Gasteiger partial charge in [0.1, 0.15) is 5.56 Å². The van der Waals surface area contributed by atoms with Crippen molar-refractivity contribution in [2.24, 2.45) is 5.90 Å². The van der Waals surface area contributed by atoms with E-state index < -0.39 is 5.97 Å². The number of carbonyl (C=O) groups is 1. The summed E-state index contributed by atoms with van der Waals surface area (Å²) in [7, 11) is 0. The van der Waals surface area contributed by atoms with Crippen molar-refractivity contribution in [1.29, 1.82) is 0 Å². The Morgan fingerprint density at radius 1 is 1.05 bits per heavy atom. The predicted molar refractivity (Wildman–Crippen MR) is 72.1 cm³/mol. The van der Waals surface area contributed by atoms with Gasteiger partial charge >= 0.3 is 5.97 Å². The van der Waals surface area contributed by atoms with E-state index in [9.17, 15) is 4.79 Å². The van der Waals surface area contributed by atoms with Gasteiger partial charge in [0.2, 0.25) is 0 Å². The van der Waals surface area contributed by atoms with Crippen molar-refractivity contribution in [3.05, 3.63) is 65.2 Å². The van der Waals surface area contributed by atoms with E-state index in [0.717, 1.165) is 18.4 Å². The lowest BCUT2D eigenvalue weighted by molar-refractivity contribution is 0.0692. The van der Waals surface area contributed by atoms with Gasteiger partial charge in [-0.3, -0.25) is 0 Å². The Hall–Kier alpha value is -2.33. The summed E-state index contributed by atoms with van der Waals surface area (Å²) < 4.78 is 0. The first-order valence-electron chi connectivity index (χ1n) is 5.97. The minimum atomic E-state index is -1.04. The smallest absolute Gasteiger partial charge is 0.339 e. The number of aryl methyl sites for hydroxylation is 2. The molecule has 0 fully saturated rings. The number of aromatic carboxylic acids is 1. The van der Waals surface area contributed by atoms with Crippen molar-refractivity contribution in [3.8, 4) is 5.75 Å². The molecule has 0 radical (unpaired) electrons. The normalized spacial score (nSPS) is 10.2. The zero-order chi connectivity index (χ0) is 13.7. The van der Waals surface area contributed by atoms with E-state index in [2.05, 4.69) is 17.0 Å². The molecule has 0 aromatic heterocycles. The van der Waals surface area contributed by atoms with Gasteiger partial charge in [-0.15, -0.1) is 0 Å². The molecular formula is C15H15NO3. The van der Waals surface area contributed by atoms with Gasteiger partial charge in [-0.1, -0.05) is 36.4 Å². The molecule has 0 atom stereocenters. The van der Waals surface area contributed by atoms with Crippen LogP contribution in [0, 0.1) is 0 Å². The SMILES string of the molecule is NOc1ccc(CCc2ccccc2)cc1C(=O)O. The van der Waals surface area contributed by atoms with Gasteiger partial charge in [-0.05, 0) is 36.1 Å². The standard InChI is InChI=1S/C15H15NO3/c16-19-14-9-8-12(10-13(14)15(17)18)7-6-11-4-2-1-3-5-11/h1-5,8-10H,6-7,16H2,(H,17,18). The average Bonchev–Trinajstić information content (AvgIpc) is 2.46. The third-order valence-electron chi connectivity index (χ3n) is 2.95. The van der Waals surface area contributed by atoms with E-state index >= 15 is 0 Å². The van der Waals surface area contributed by atoms with Crippen LogP contribution in [-0.2, 0) is 12.8 Å². The molecule has 4 heteroatoms. The molecule has 0 aliphatic heterocycles. The number of nitrogens with two attached hydrogens (primary N) is 1. The lowest BCUT2D eigenvalue weighted by atomic mass is 10.0. The molecule has 2 aromatic carbocycles. The van der Waals surface area contributed by atoms with E-state index in [-0.39, 0.29) is 11.3 Å². The first kappa shape index (κ1) is 13.1. The van der Waals surface area contributed by atoms with E-state index in [4.69, 9.17) is 11.0 Å². The van der Waals surface area contributed by atoms with E-state index in [1.165, 1.54) is 5.56 Å². The van der Waals surface area contributed by atoms with Gasteiger partial charge in [0, 0.05) is 0 Å². The number of hydrogen-bond acceptors (Lipinski definition) is 3. The molecule has 0 heterocycles. The Balaban J connectivity index is 2.13. The van der Waals surface area contributed by atoms with Crippen LogP contribution in [0.3, 0.4) is 0 Å². The molecule has 0 bridgehead atoms. The molecule has 98 valence electrons. The largest absolute Gasteiger partial charge is 0.478 e. The number of rotatable bonds is 5. The fraction of sp³-hybridized carbons (Fsp3) is 0.133. The number of hydrogen-bond donors (Lipinski definition) is 2. The van der Waals surface area contributed by atoms with Crippen LogP contribution in [0.15, 0.2) is 48.5 Å². The van der Waals surface area contributed by atoms with Crippen LogP contribution in [0.25, 0.3) is 0 Å². The molecule has 2 rings (SSSR count). The first-order valence-corrected chi connectivity index (χ1v) is 5.97. The Labute approximate surface area is 111 Å². The Morgan fingerprint density at radius 2 is 1.74 bits per heavy atom. The summed E-state index contributed by atoms with van der Waals surface area (Å²) in [5.74, 6) is 4.18. The second-order valence-electron chi connectivity index (χ2n) is 4.24. The van der Waals surface area contributed by atoms with Crippen molar-refractivity contribution in [3.63, 3.8) is 0 Å². The van der Waals surface area contributed by atoms with Crippen LogP contribution >= 0.6 is 0 Å². The zero-order valence-corrected chi connectivity index (χ0v) is 10.4. The number of carboxylic acids is 1. The van der Waals surface area contributed by atoms with Crippen LogP contribution in [0.2, 0.25) is 0 Å².